The Kier molecular flexibility index (Phi) is 12.5. The van der Waals surface area contributed by atoms with Crippen LogP contribution < -0.4 is 5.73 Å². The number of amides is 1. The van der Waals surface area contributed by atoms with Gasteiger partial charge in [-0.1, -0.05) is 71.1 Å². The van der Waals surface area contributed by atoms with Crippen LogP contribution in [0.25, 0.3) is 0 Å². The molecule has 18 heavy (non-hydrogen) atoms. The minimum atomic E-state index is -0.531. The highest BCUT2D eigenvalue weighted by Crippen LogP contribution is 2.12. The van der Waals surface area contributed by atoms with Crippen LogP contribution in [-0.4, -0.2) is 17.1 Å². The van der Waals surface area contributed by atoms with Crippen LogP contribution >= 0.6 is 0 Å². The van der Waals surface area contributed by atoms with Gasteiger partial charge < -0.3 is 10.8 Å². The lowest BCUT2D eigenvalue weighted by atomic mass is 10.0. The third-order valence-corrected chi connectivity index (χ3v) is 3.33. The van der Waals surface area contributed by atoms with Gasteiger partial charge in [0, 0.05) is 0 Å². The summed E-state index contributed by atoms with van der Waals surface area (Å²) in [6.07, 6.45) is 13.2. The molecule has 1 unspecified atom stereocenters. The van der Waals surface area contributed by atoms with E-state index in [0.717, 1.165) is 12.8 Å². The summed E-state index contributed by atoms with van der Waals surface area (Å²) in [4.78, 5) is 10.6. The van der Waals surface area contributed by atoms with Gasteiger partial charge in [0.05, 0.1) is 12.5 Å². The van der Waals surface area contributed by atoms with Gasteiger partial charge in [-0.3, -0.25) is 4.79 Å². The number of hydrogen-bond acceptors (Lipinski definition) is 2. The Bertz CT molecular complexity index is 195. The summed E-state index contributed by atoms with van der Waals surface area (Å²) >= 11 is 0. The summed E-state index contributed by atoms with van der Waals surface area (Å²) in [6, 6.07) is 0. The third-order valence-electron chi connectivity index (χ3n) is 3.33. The van der Waals surface area contributed by atoms with Crippen molar-refractivity contribution in [1.29, 1.82) is 0 Å². The molecule has 3 nitrogen and oxygen atoms in total. The fourth-order valence-electron chi connectivity index (χ4n) is 2.20. The maximum Gasteiger partial charge on any atom is 0.220 e. The molecule has 108 valence electrons. The number of aliphatic hydroxyl groups excluding tert-OH is 1. The second-order valence-corrected chi connectivity index (χ2v) is 5.29. The lowest BCUT2D eigenvalue weighted by Gasteiger charge is -2.07. The summed E-state index contributed by atoms with van der Waals surface area (Å²) in [6.45, 7) is 2.24. The molecule has 0 saturated heterocycles. The van der Waals surface area contributed by atoms with Gasteiger partial charge >= 0.3 is 0 Å². The van der Waals surface area contributed by atoms with Crippen molar-refractivity contribution in [2.75, 3.05) is 0 Å². The van der Waals surface area contributed by atoms with Crippen molar-refractivity contribution in [3.63, 3.8) is 0 Å². The van der Waals surface area contributed by atoms with Gasteiger partial charge in [-0.15, -0.1) is 0 Å². The van der Waals surface area contributed by atoms with E-state index >= 15 is 0 Å². The zero-order valence-corrected chi connectivity index (χ0v) is 12.0. The molecule has 3 heteroatoms. The van der Waals surface area contributed by atoms with Crippen LogP contribution in [0.1, 0.15) is 84.0 Å². The molecule has 0 heterocycles. The molecule has 0 aliphatic carbocycles. The first-order valence-electron chi connectivity index (χ1n) is 7.63. The summed E-state index contributed by atoms with van der Waals surface area (Å²) in [5.74, 6) is -0.408. The standard InChI is InChI=1S/C15H31NO2/c1-2-3-4-5-6-7-8-9-10-11-12-14(17)13-15(16)18/h14,17H,2-13H2,1H3,(H2,16,18). The Labute approximate surface area is 112 Å². The largest absolute Gasteiger partial charge is 0.393 e. The molecule has 0 saturated carbocycles. The first-order chi connectivity index (χ1) is 8.66. The van der Waals surface area contributed by atoms with Crippen molar-refractivity contribution < 1.29 is 9.90 Å². The molecule has 0 rings (SSSR count). The van der Waals surface area contributed by atoms with Gasteiger partial charge in [0.1, 0.15) is 0 Å². The Morgan fingerprint density at radius 2 is 1.39 bits per heavy atom. The van der Waals surface area contributed by atoms with Crippen LogP contribution in [0.3, 0.4) is 0 Å². The van der Waals surface area contributed by atoms with E-state index in [1.54, 1.807) is 0 Å². The molecule has 0 radical (unpaired) electrons. The van der Waals surface area contributed by atoms with Gasteiger partial charge in [-0.05, 0) is 6.42 Å². The van der Waals surface area contributed by atoms with E-state index in [4.69, 9.17) is 5.73 Å². The molecule has 0 aromatic rings. The first kappa shape index (κ1) is 17.4. The van der Waals surface area contributed by atoms with E-state index in [1.807, 2.05) is 0 Å². The first-order valence-corrected chi connectivity index (χ1v) is 7.63. The van der Waals surface area contributed by atoms with E-state index in [9.17, 15) is 9.90 Å². The summed E-state index contributed by atoms with van der Waals surface area (Å²) in [7, 11) is 0. The van der Waals surface area contributed by atoms with Crippen LogP contribution in [0.4, 0.5) is 0 Å². The summed E-state index contributed by atoms with van der Waals surface area (Å²) in [5.41, 5.74) is 5.01. The normalized spacial score (nSPS) is 12.6. The molecule has 1 atom stereocenters. The minimum absolute atomic E-state index is 0.109. The highest BCUT2D eigenvalue weighted by atomic mass is 16.3. The fraction of sp³-hybridized carbons (Fsp3) is 0.933. The van der Waals surface area contributed by atoms with Crippen LogP contribution in [0.5, 0.6) is 0 Å². The molecule has 0 aliphatic heterocycles. The van der Waals surface area contributed by atoms with Gasteiger partial charge in [-0.2, -0.15) is 0 Å². The van der Waals surface area contributed by atoms with Crippen molar-refractivity contribution in [3.05, 3.63) is 0 Å². The molecule has 0 aromatic carbocycles. The maximum atomic E-state index is 10.6. The fourth-order valence-corrected chi connectivity index (χ4v) is 2.20. The summed E-state index contributed by atoms with van der Waals surface area (Å²) in [5, 5.41) is 9.44. The van der Waals surface area contributed by atoms with E-state index in [1.165, 1.54) is 51.4 Å². The van der Waals surface area contributed by atoms with Gasteiger partial charge in [0.25, 0.3) is 0 Å². The Morgan fingerprint density at radius 1 is 0.944 bits per heavy atom. The second-order valence-electron chi connectivity index (χ2n) is 5.29. The molecule has 0 aliphatic rings. The molecule has 3 N–H and O–H groups in total. The van der Waals surface area contributed by atoms with Crippen molar-refractivity contribution in [3.8, 4) is 0 Å². The number of nitrogens with two attached hydrogens (primary N) is 1. The molecule has 0 aromatic heterocycles. The van der Waals surface area contributed by atoms with Crippen molar-refractivity contribution >= 4 is 5.91 Å². The van der Waals surface area contributed by atoms with Crippen LogP contribution in [0.15, 0.2) is 0 Å². The van der Waals surface area contributed by atoms with Crippen molar-refractivity contribution in [2.24, 2.45) is 5.73 Å². The lowest BCUT2D eigenvalue weighted by Crippen LogP contribution is -2.19. The van der Waals surface area contributed by atoms with E-state index in [2.05, 4.69) is 6.92 Å². The minimum Gasteiger partial charge on any atom is -0.393 e. The highest BCUT2D eigenvalue weighted by Gasteiger charge is 2.06. The third kappa shape index (κ3) is 13.5. The lowest BCUT2D eigenvalue weighted by molar-refractivity contribution is -0.119. The average molecular weight is 257 g/mol. The molecule has 0 bridgehead atoms. The quantitative estimate of drug-likeness (QED) is 0.496. The Morgan fingerprint density at radius 3 is 1.83 bits per heavy atom. The smallest absolute Gasteiger partial charge is 0.220 e. The Balaban J connectivity index is 3.09. The summed E-state index contributed by atoms with van der Waals surface area (Å²) < 4.78 is 0. The molecule has 0 fully saturated rings. The number of rotatable bonds is 13. The van der Waals surface area contributed by atoms with Crippen LogP contribution in [0, 0.1) is 0 Å². The monoisotopic (exact) mass is 257 g/mol. The van der Waals surface area contributed by atoms with Crippen LogP contribution in [0.2, 0.25) is 0 Å². The Hall–Kier alpha value is -0.570. The zero-order chi connectivity index (χ0) is 13.6. The second kappa shape index (κ2) is 12.9. The van der Waals surface area contributed by atoms with Gasteiger partial charge in [0.15, 0.2) is 0 Å². The molecule has 1 amide bonds. The zero-order valence-electron chi connectivity index (χ0n) is 12.0. The SMILES string of the molecule is CCCCCCCCCCCCC(O)CC(N)=O. The molecular weight excluding hydrogens is 226 g/mol. The van der Waals surface area contributed by atoms with E-state index < -0.39 is 12.0 Å². The number of hydrogen-bond donors (Lipinski definition) is 2. The van der Waals surface area contributed by atoms with Crippen molar-refractivity contribution in [1.82, 2.24) is 0 Å². The molecule has 0 spiro atoms. The highest BCUT2D eigenvalue weighted by molar-refractivity contribution is 5.74. The van der Waals surface area contributed by atoms with Crippen LogP contribution in [-0.2, 0) is 4.79 Å². The van der Waals surface area contributed by atoms with E-state index in [0.29, 0.717) is 6.42 Å². The number of primary amides is 1. The van der Waals surface area contributed by atoms with E-state index in [-0.39, 0.29) is 6.42 Å². The van der Waals surface area contributed by atoms with Gasteiger partial charge in [-0.25, -0.2) is 0 Å². The van der Waals surface area contributed by atoms with Gasteiger partial charge in [0.2, 0.25) is 5.91 Å². The number of carbonyl (C=O) groups excluding carboxylic acids is 1. The topological polar surface area (TPSA) is 63.3 Å². The number of unbranched alkanes of at least 4 members (excludes halogenated alkanes) is 9. The van der Waals surface area contributed by atoms with Crippen molar-refractivity contribution in [2.45, 2.75) is 90.1 Å². The number of aliphatic hydroxyl groups is 1. The number of carbonyl (C=O) groups is 1. The maximum absolute atomic E-state index is 10.6. The molecular formula is C15H31NO2. The average Bonchev–Trinajstić information content (AvgIpc) is 2.30. The predicted molar refractivity (Wildman–Crippen MR) is 76.3 cm³/mol. The predicted octanol–water partition coefficient (Wildman–Crippen LogP) is 3.53.